The average Bonchev–Trinajstić information content (AvgIpc) is 3.24. The van der Waals surface area contributed by atoms with Crippen molar-refractivity contribution in [3.05, 3.63) is 49.5 Å². The van der Waals surface area contributed by atoms with Gasteiger partial charge in [-0.25, -0.2) is 4.98 Å². The van der Waals surface area contributed by atoms with E-state index < -0.39 is 12.1 Å². The lowest BCUT2D eigenvalue weighted by Crippen LogP contribution is -2.36. The van der Waals surface area contributed by atoms with Crippen LogP contribution in [-0.4, -0.2) is 27.5 Å². The standard InChI is InChI=1S/C18H19N3O4S2/c1-10-12(3)27-17-15(10)18(24)21(9-20-17)8-14(22)25-11(2)16(23)19-7-13-5-4-6-26-13/h4-6,9,11H,7-8H2,1-3H3,(H,19,23)/t11-/m0/s1. The molecule has 0 spiro atoms. The molecule has 3 rings (SSSR count). The summed E-state index contributed by atoms with van der Waals surface area (Å²) in [7, 11) is 0. The van der Waals surface area contributed by atoms with Crippen LogP contribution in [0, 0.1) is 13.8 Å². The van der Waals surface area contributed by atoms with Crippen molar-refractivity contribution in [2.75, 3.05) is 0 Å². The van der Waals surface area contributed by atoms with Gasteiger partial charge in [-0.05, 0) is 37.8 Å². The number of thiophene rings is 2. The summed E-state index contributed by atoms with van der Waals surface area (Å²) >= 11 is 2.98. The summed E-state index contributed by atoms with van der Waals surface area (Å²) in [5.41, 5.74) is 0.588. The lowest BCUT2D eigenvalue weighted by Gasteiger charge is -2.13. The number of carbonyl (C=O) groups is 2. The molecule has 0 saturated heterocycles. The zero-order chi connectivity index (χ0) is 19.6. The molecule has 3 heterocycles. The van der Waals surface area contributed by atoms with Crippen LogP contribution in [0.25, 0.3) is 10.2 Å². The maximum atomic E-state index is 12.6. The number of carbonyl (C=O) groups excluding carboxylic acids is 2. The van der Waals surface area contributed by atoms with Gasteiger partial charge >= 0.3 is 5.97 Å². The topological polar surface area (TPSA) is 90.3 Å². The normalized spacial score (nSPS) is 12.1. The van der Waals surface area contributed by atoms with Gasteiger partial charge in [0.2, 0.25) is 0 Å². The molecule has 0 bridgehead atoms. The largest absolute Gasteiger partial charge is 0.451 e. The van der Waals surface area contributed by atoms with Gasteiger partial charge in [0, 0.05) is 9.75 Å². The van der Waals surface area contributed by atoms with Crippen LogP contribution in [0.3, 0.4) is 0 Å². The summed E-state index contributed by atoms with van der Waals surface area (Å²) in [6, 6.07) is 3.81. The van der Waals surface area contributed by atoms with E-state index in [9.17, 15) is 14.4 Å². The van der Waals surface area contributed by atoms with E-state index >= 15 is 0 Å². The summed E-state index contributed by atoms with van der Waals surface area (Å²) in [5, 5.41) is 5.16. The lowest BCUT2D eigenvalue weighted by molar-refractivity contribution is -0.155. The molecule has 27 heavy (non-hydrogen) atoms. The smallest absolute Gasteiger partial charge is 0.326 e. The molecule has 1 atom stereocenters. The van der Waals surface area contributed by atoms with E-state index in [2.05, 4.69) is 10.3 Å². The van der Waals surface area contributed by atoms with Gasteiger partial charge in [0.25, 0.3) is 11.5 Å². The van der Waals surface area contributed by atoms with E-state index in [1.807, 2.05) is 31.4 Å². The minimum absolute atomic E-state index is 0.284. The average molecular weight is 406 g/mol. The molecule has 3 aromatic rings. The van der Waals surface area contributed by atoms with E-state index in [-0.39, 0.29) is 18.0 Å². The Morgan fingerprint density at radius 3 is 2.85 bits per heavy atom. The predicted molar refractivity (Wildman–Crippen MR) is 105 cm³/mol. The van der Waals surface area contributed by atoms with Crippen LogP contribution in [-0.2, 0) is 27.4 Å². The molecule has 0 fully saturated rings. The Morgan fingerprint density at radius 2 is 2.15 bits per heavy atom. The number of nitrogens with one attached hydrogen (secondary N) is 1. The zero-order valence-electron chi connectivity index (χ0n) is 15.1. The van der Waals surface area contributed by atoms with Crippen LogP contribution >= 0.6 is 22.7 Å². The number of nitrogens with zero attached hydrogens (tertiary/aromatic N) is 2. The molecule has 0 aliphatic heterocycles. The summed E-state index contributed by atoms with van der Waals surface area (Å²) in [6.07, 6.45) is 0.387. The third-order valence-electron chi connectivity index (χ3n) is 4.15. The number of fused-ring (bicyclic) bond motifs is 1. The molecule has 3 aromatic heterocycles. The van der Waals surface area contributed by atoms with E-state index in [1.165, 1.54) is 40.5 Å². The molecular formula is C18H19N3O4S2. The molecule has 7 nitrogen and oxygen atoms in total. The minimum atomic E-state index is -0.949. The van der Waals surface area contributed by atoms with Gasteiger partial charge in [-0.2, -0.15) is 0 Å². The van der Waals surface area contributed by atoms with Crippen LogP contribution in [0.15, 0.2) is 28.6 Å². The molecule has 1 amide bonds. The van der Waals surface area contributed by atoms with Crippen LogP contribution in [0.1, 0.15) is 22.2 Å². The van der Waals surface area contributed by atoms with Gasteiger partial charge in [-0.15, -0.1) is 22.7 Å². The van der Waals surface area contributed by atoms with Gasteiger partial charge in [0.15, 0.2) is 6.10 Å². The fourth-order valence-electron chi connectivity index (χ4n) is 2.54. The Bertz CT molecular complexity index is 1040. The van der Waals surface area contributed by atoms with E-state index in [1.54, 1.807) is 0 Å². The molecule has 1 N–H and O–H groups in total. The number of aromatic nitrogens is 2. The Morgan fingerprint density at radius 1 is 1.37 bits per heavy atom. The first-order chi connectivity index (χ1) is 12.9. The van der Waals surface area contributed by atoms with Crippen LogP contribution in [0.5, 0.6) is 0 Å². The maximum Gasteiger partial charge on any atom is 0.326 e. The Hall–Kier alpha value is -2.52. The quantitative estimate of drug-likeness (QED) is 0.636. The maximum absolute atomic E-state index is 12.6. The molecular weight excluding hydrogens is 386 g/mol. The van der Waals surface area contributed by atoms with Gasteiger partial charge in [-0.3, -0.25) is 19.0 Å². The number of esters is 1. The highest BCUT2D eigenvalue weighted by molar-refractivity contribution is 7.18. The highest BCUT2D eigenvalue weighted by Gasteiger charge is 2.19. The van der Waals surface area contributed by atoms with Gasteiger partial charge in [-0.1, -0.05) is 6.07 Å². The van der Waals surface area contributed by atoms with Crippen molar-refractivity contribution in [3.63, 3.8) is 0 Å². The van der Waals surface area contributed by atoms with Crippen LogP contribution < -0.4 is 10.9 Å². The molecule has 9 heteroatoms. The van der Waals surface area contributed by atoms with Crippen LogP contribution in [0.2, 0.25) is 0 Å². The third kappa shape index (κ3) is 4.25. The summed E-state index contributed by atoms with van der Waals surface area (Å²) in [4.78, 5) is 43.7. The highest BCUT2D eigenvalue weighted by atomic mass is 32.1. The second-order valence-corrected chi connectivity index (χ2v) is 8.31. The first kappa shape index (κ1) is 19.2. The molecule has 0 aliphatic carbocycles. The number of hydrogen-bond donors (Lipinski definition) is 1. The van der Waals surface area contributed by atoms with Gasteiger partial charge < -0.3 is 10.1 Å². The highest BCUT2D eigenvalue weighted by Crippen LogP contribution is 2.25. The molecule has 0 saturated carbocycles. The van der Waals surface area contributed by atoms with E-state index in [0.29, 0.717) is 16.8 Å². The first-order valence-corrected chi connectivity index (χ1v) is 10.0. The zero-order valence-corrected chi connectivity index (χ0v) is 16.8. The lowest BCUT2D eigenvalue weighted by atomic mass is 10.2. The fourth-order valence-corrected chi connectivity index (χ4v) is 4.17. The fraction of sp³-hybridized carbons (Fsp3) is 0.333. The number of ether oxygens (including phenoxy) is 1. The van der Waals surface area contributed by atoms with Gasteiger partial charge in [0.05, 0.1) is 18.3 Å². The molecule has 0 radical (unpaired) electrons. The van der Waals surface area contributed by atoms with Crippen molar-refractivity contribution in [2.24, 2.45) is 0 Å². The summed E-state index contributed by atoms with van der Waals surface area (Å²) in [5.74, 6) is -1.05. The Labute approximate surface area is 163 Å². The third-order valence-corrected chi connectivity index (χ3v) is 6.14. The van der Waals surface area contributed by atoms with Gasteiger partial charge in [0.1, 0.15) is 11.4 Å². The van der Waals surface area contributed by atoms with Crippen molar-refractivity contribution >= 4 is 44.8 Å². The molecule has 0 aromatic carbocycles. The van der Waals surface area contributed by atoms with E-state index in [0.717, 1.165) is 15.3 Å². The van der Waals surface area contributed by atoms with Crippen molar-refractivity contribution < 1.29 is 14.3 Å². The van der Waals surface area contributed by atoms with Crippen molar-refractivity contribution in [3.8, 4) is 0 Å². The summed E-state index contributed by atoms with van der Waals surface area (Å²) in [6.45, 7) is 5.38. The monoisotopic (exact) mass is 405 g/mol. The SMILES string of the molecule is Cc1sc2ncn(CC(=O)O[C@@H](C)C(=O)NCc3cccs3)c(=O)c2c1C. The number of rotatable bonds is 6. The minimum Gasteiger partial charge on any atom is -0.451 e. The van der Waals surface area contributed by atoms with Crippen molar-refractivity contribution in [1.82, 2.24) is 14.9 Å². The Kier molecular flexibility index (Phi) is 5.71. The summed E-state index contributed by atoms with van der Waals surface area (Å²) < 4.78 is 6.36. The molecule has 0 aliphatic rings. The second kappa shape index (κ2) is 8.01. The molecule has 142 valence electrons. The second-order valence-electron chi connectivity index (χ2n) is 6.07. The van der Waals surface area contributed by atoms with Crippen molar-refractivity contribution in [1.29, 1.82) is 0 Å². The molecule has 0 unspecified atom stereocenters. The number of aryl methyl sites for hydroxylation is 2. The van der Waals surface area contributed by atoms with Crippen molar-refractivity contribution in [2.45, 2.75) is 40.0 Å². The Balaban J connectivity index is 1.62. The van der Waals surface area contributed by atoms with E-state index in [4.69, 9.17) is 4.74 Å². The van der Waals surface area contributed by atoms with Crippen LogP contribution in [0.4, 0.5) is 0 Å². The predicted octanol–water partition coefficient (Wildman–Crippen LogP) is 2.38. The first-order valence-electron chi connectivity index (χ1n) is 8.31. The number of amides is 1. The number of hydrogen-bond acceptors (Lipinski definition) is 7.